The number of halogens is 1. The van der Waals surface area contributed by atoms with Crippen LogP contribution in [0.25, 0.3) is 10.9 Å². The van der Waals surface area contributed by atoms with Crippen molar-refractivity contribution in [3.05, 3.63) is 41.3 Å². The van der Waals surface area contributed by atoms with Gasteiger partial charge in [-0.3, -0.25) is 9.78 Å². The number of benzene rings is 1. The molecule has 1 aromatic carbocycles. The summed E-state index contributed by atoms with van der Waals surface area (Å²) in [7, 11) is 0. The topological polar surface area (TPSA) is 62.2 Å². The quantitative estimate of drug-likeness (QED) is 0.916. The predicted octanol–water partition coefficient (Wildman–Crippen LogP) is 2.72. The first kappa shape index (κ1) is 14.9. The van der Waals surface area contributed by atoms with Gasteiger partial charge in [-0.15, -0.1) is 0 Å². The van der Waals surface area contributed by atoms with E-state index in [1.165, 1.54) is 12.1 Å². The van der Waals surface area contributed by atoms with Gasteiger partial charge in [-0.1, -0.05) is 12.8 Å². The van der Waals surface area contributed by atoms with Crippen molar-refractivity contribution in [2.75, 3.05) is 6.61 Å². The van der Waals surface area contributed by atoms with Crippen LogP contribution in [0, 0.1) is 12.7 Å². The lowest BCUT2D eigenvalue weighted by Gasteiger charge is -2.28. The van der Waals surface area contributed by atoms with Crippen molar-refractivity contribution in [1.82, 2.24) is 10.3 Å². The average molecular weight is 302 g/mol. The highest BCUT2D eigenvalue weighted by Gasteiger charge is 2.35. The second kappa shape index (κ2) is 5.65. The number of aromatic nitrogens is 1. The van der Waals surface area contributed by atoms with Gasteiger partial charge in [-0.25, -0.2) is 4.39 Å². The maximum atomic E-state index is 13.2. The van der Waals surface area contributed by atoms with Crippen LogP contribution in [-0.4, -0.2) is 28.1 Å². The van der Waals surface area contributed by atoms with E-state index in [1.54, 1.807) is 19.1 Å². The molecule has 0 aliphatic heterocycles. The molecule has 0 saturated heterocycles. The van der Waals surface area contributed by atoms with E-state index in [2.05, 4.69) is 10.3 Å². The second-order valence-electron chi connectivity index (χ2n) is 6.06. The molecule has 1 amide bonds. The number of aliphatic hydroxyl groups excluding tert-OH is 1. The summed E-state index contributed by atoms with van der Waals surface area (Å²) in [5.74, 6) is -0.575. The lowest BCUT2D eigenvalue weighted by atomic mass is 9.98. The molecule has 0 radical (unpaired) electrons. The Morgan fingerprint density at radius 2 is 2.09 bits per heavy atom. The molecule has 116 valence electrons. The highest BCUT2D eigenvalue weighted by molar-refractivity contribution is 5.99. The smallest absolute Gasteiger partial charge is 0.253 e. The molecule has 0 bridgehead atoms. The normalized spacial score (nSPS) is 16.9. The maximum Gasteiger partial charge on any atom is 0.253 e. The Labute approximate surface area is 128 Å². The van der Waals surface area contributed by atoms with Crippen LogP contribution < -0.4 is 5.32 Å². The minimum Gasteiger partial charge on any atom is -0.394 e. The van der Waals surface area contributed by atoms with Gasteiger partial charge in [0.15, 0.2) is 0 Å². The third-order valence-corrected chi connectivity index (χ3v) is 4.46. The second-order valence-corrected chi connectivity index (χ2v) is 6.06. The largest absolute Gasteiger partial charge is 0.394 e. The molecule has 5 heteroatoms. The van der Waals surface area contributed by atoms with Crippen molar-refractivity contribution >= 4 is 16.8 Å². The number of carbonyl (C=O) groups excluding carboxylic acids is 1. The number of amides is 1. The summed E-state index contributed by atoms with van der Waals surface area (Å²) < 4.78 is 13.2. The molecule has 1 aliphatic carbocycles. The Morgan fingerprint density at radius 1 is 1.36 bits per heavy atom. The van der Waals surface area contributed by atoms with Crippen LogP contribution in [0.5, 0.6) is 0 Å². The van der Waals surface area contributed by atoms with E-state index in [4.69, 9.17) is 0 Å². The SMILES string of the molecule is Cc1nc2cc(F)ccc2cc1C(=O)NC1(CO)CCCC1. The van der Waals surface area contributed by atoms with Gasteiger partial charge in [-0.2, -0.15) is 0 Å². The van der Waals surface area contributed by atoms with Crippen molar-refractivity contribution < 1.29 is 14.3 Å². The number of nitrogens with zero attached hydrogens (tertiary/aromatic N) is 1. The molecule has 22 heavy (non-hydrogen) atoms. The van der Waals surface area contributed by atoms with E-state index in [0.717, 1.165) is 31.1 Å². The zero-order chi connectivity index (χ0) is 15.7. The first-order chi connectivity index (χ1) is 10.5. The fraction of sp³-hybridized carbons (Fsp3) is 0.412. The van der Waals surface area contributed by atoms with E-state index >= 15 is 0 Å². The van der Waals surface area contributed by atoms with Crippen LogP contribution in [0.15, 0.2) is 24.3 Å². The summed E-state index contributed by atoms with van der Waals surface area (Å²) in [6, 6.07) is 6.06. The minimum absolute atomic E-state index is 0.0516. The van der Waals surface area contributed by atoms with Crippen LogP contribution in [0.1, 0.15) is 41.7 Å². The van der Waals surface area contributed by atoms with Gasteiger partial charge in [0.25, 0.3) is 5.91 Å². The number of hydrogen-bond acceptors (Lipinski definition) is 3. The van der Waals surface area contributed by atoms with Gasteiger partial charge < -0.3 is 10.4 Å². The molecule has 4 nitrogen and oxygen atoms in total. The number of nitrogens with one attached hydrogen (secondary N) is 1. The molecule has 0 spiro atoms. The number of pyridine rings is 1. The third-order valence-electron chi connectivity index (χ3n) is 4.46. The number of aliphatic hydroxyl groups is 1. The van der Waals surface area contributed by atoms with Gasteiger partial charge in [-0.05, 0) is 38.0 Å². The molecule has 1 aromatic heterocycles. The molecule has 1 aliphatic rings. The monoisotopic (exact) mass is 302 g/mol. The molecule has 0 atom stereocenters. The molecule has 1 fully saturated rings. The molecular formula is C17H19FN2O2. The number of hydrogen-bond donors (Lipinski definition) is 2. The Hall–Kier alpha value is -2.01. The highest BCUT2D eigenvalue weighted by Crippen LogP contribution is 2.29. The highest BCUT2D eigenvalue weighted by atomic mass is 19.1. The van der Waals surface area contributed by atoms with Crippen LogP contribution in [-0.2, 0) is 0 Å². The van der Waals surface area contributed by atoms with E-state index in [1.807, 2.05) is 0 Å². The van der Waals surface area contributed by atoms with Crippen LogP contribution in [0.2, 0.25) is 0 Å². The molecule has 1 heterocycles. The standard InChI is InChI=1S/C17H19FN2O2/c1-11-14(8-12-4-5-13(18)9-15(12)19-11)16(22)20-17(10-21)6-2-3-7-17/h4-5,8-9,21H,2-3,6-7,10H2,1H3,(H,20,22). The molecule has 2 N–H and O–H groups in total. The van der Waals surface area contributed by atoms with Gasteiger partial charge in [0, 0.05) is 11.5 Å². The summed E-state index contributed by atoms with van der Waals surface area (Å²) in [6.45, 7) is 1.68. The fourth-order valence-corrected chi connectivity index (χ4v) is 3.15. The maximum absolute atomic E-state index is 13.2. The molecule has 2 aromatic rings. The van der Waals surface area contributed by atoms with Gasteiger partial charge in [0.05, 0.1) is 28.9 Å². The Bertz CT molecular complexity index is 724. The van der Waals surface area contributed by atoms with E-state index in [0.29, 0.717) is 16.8 Å². The lowest BCUT2D eigenvalue weighted by molar-refractivity contribution is 0.0837. The first-order valence-electron chi connectivity index (χ1n) is 7.53. The average Bonchev–Trinajstić information content (AvgIpc) is 2.95. The summed E-state index contributed by atoms with van der Waals surface area (Å²) in [6.07, 6.45) is 3.60. The number of carbonyl (C=O) groups is 1. The van der Waals surface area contributed by atoms with Crippen LogP contribution in [0.4, 0.5) is 4.39 Å². The summed E-state index contributed by atoms with van der Waals surface area (Å²) in [5.41, 5.74) is 1.05. The van der Waals surface area contributed by atoms with E-state index in [9.17, 15) is 14.3 Å². The first-order valence-corrected chi connectivity index (χ1v) is 7.53. The molecule has 1 saturated carbocycles. The van der Waals surface area contributed by atoms with Crippen molar-refractivity contribution in [2.45, 2.75) is 38.1 Å². The summed E-state index contributed by atoms with van der Waals surface area (Å²) in [4.78, 5) is 16.9. The predicted molar refractivity (Wildman–Crippen MR) is 82.2 cm³/mol. The zero-order valence-corrected chi connectivity index (χ0v) is 12.5. The van der Waals surface area contributed by atoms with Crippen molar-refractivity contribution in [2.24, 2.45) is 0 Å². The van der Waals surface area contributed by atoms with Crippen LogP contribution in [0.3, 0.4) is 0 Å². The molecular weight excluding hydrogens is 283 g/mol. The third kappa shape index (κ3) is 2.68. The number of aryl methyl sites for hydroxylation is 1. The number of fused-ring (bicyclic) bond motifs is 1. The summed E-state index contributed by atoms with van der Waals surface area (Å²) in [5, 5.41) is 13.3. The molecule has 0 unspecified atom stereocenters. The minimum atomic E-state index is -0.513. The van der Waals surface area contributed by atoms with Gasteiger partial charge >= 0.3 is 0 Å². The summed E-state index contributed by atoms with van der Waals surface area (Å²) >= 11 is 0. The Morgan fingerprint density at radius 3 is 2.77 bits per heavy atom. The Kier molecular flexibility index (Phi) is 3.83. The van der Waals surface area contributed by atoms with Gasteiger partial charge in [0.1, 0.15) is 5.82 Å². The Balaban J connectivity index is 1.93. The zero-order valence-electron chi connectivity index (χ0n) is 12.5. The van der Waals surface area contributed by atoms with Crippen molar-refractivity contribution in [1.29, 1.82) is 0 Å². The number of rotatable bonds is 3. The van der Waals surface area contributed by atoms with Crippen LogP contribution >= 0.6 is 0 Å². The van der Waals surface area contributed by atoms with E-state index < -0.39 is 5.54 Å². The fourth-order valence-electron chi connectivity index (χ4n) is 3.15. The lowest BCUT2D eigenvalue weighted by Crippen LogP contribution is -2.49. The van der Waals surface area contributed by atoms with Crippen molar-refractivity contribution in [3.63, 3.8) is 0 Å². The molecule has 3 rings (SSSR count). The van der Waals surface area contributed by atoms with Gasteiger partial charge in [0.2, 0.25) is 0 Å². The van der Waals surface area contributed by atoms with Crippen molar-refractivity contribution in [3.8, 4) is 0 Å². The van der Waals surface area contributed by atoms with E-state index in [-0.39, 0.29) is 18.3 Å².